The summed E-state index contributed by atoms with van der Waals surface area (Å²) in [6.07, 6.45) is 4.94. The maximum atomic E-state index is 4.27. The molecule has 0 aliphatic carbocycles. The standard InChI is InChI=1S/C9H10N6S/c1-2-10-9(11-3-1)15-8(12-5-14-15)7-4-16-6-13-7/h1-3,5,7,13H,4,6H2/t7-/m0/s1. The van der Waals surface area contributed by atoms with Crippen molar-refractivity contribution in [3.05, 3.63) is 30.6 Å². The third kappa shape index (κ3) is 1.68. The van der Waals surface area contributed by atoms with Crippen molar-refractivity contribution in [2.75, 3.05) is 11.6 Å². The monoisotopic (exact) mass is 234 g/mol. The van der Waals surface area contributed by atoms with Crippen LogP contribution in [0.2, 0.25) is 0 Å². The van der Waals surface area contributed by atoms with Crippen molar-refractivity contribution < 1.29 is 0 Å². The molecule has 1 aliphatic heterocycles. The zero-order valence-corrected chi connectivity index (χ0v) is 9.26. The molecule has 1 aliphatic rings. The number of hydrogen-bond acceptors (Lipinski definition) is 6. The summed E-state index contributed by atoms with van der Waals surface area (Å²) >= 11 is 1.85. The summed E-state index contributed by atoms with van der Waals surface area (Å²) in [5.41, 5.74) is 0. The lowest BCUT2D eigenvalue weighted by atomic mass is 10.3. The van der Waals surface area contributed by atoms with E-state index in [0.29, 0.717) is 5.95 Å². The van der Waals surface area contributed by atoms with Crippen LogP contribution in [0.5, 0.6) is 0 Å². The van der Waals surface area contributed by atoms with Crippen LogP contribution >= 0.6 is 11.8 Å². The van der Waals surface area contributed by atoms with Gasteiger partial charge in [-0.25, -0.2) is 15.0 Å². The molecule has 0 saturated carbocycles. The molecule has 0 spiro atoms. The summed E-state index contributed by atoms with van der Waals surface area (Å²) in [5.74, 6) is 3.39. The van der Waals surface area contributed by atoms with Gasteiger partial charge in [0.15, 0.2) is 5.82 Å². The number of nitrogens with one attached hydrogen (secondary N) is 1. The van der Waals surface area contributed by atoms with Gasteiger partial charge in [-0.2, -0.15) is 9.78 Å². The Balaban J connectivity index is 1.99. The fourth-order valence-electron chi connectivity index (χ4n) is 1.60. The van der Waals surface area contributed by atoms with Gasteiger partial charge in [-0.15, -0.1) is 11.8 Å². The van der Waals surface area contributed by atoms with E-state index in [-0.39, 0.29) is 6.04 Å². The third-order valence-corrected chi connectivity index (χ3v) is 3.28. The maximum Gasteiger partial charge on any atom is 0.252 e. The number of hydrogen-bond donors (Lipinski definition) is 1. The van der Waals surface area contributed by atoms with Gasteiger partial charge in [0.25, 0.3) is 5.95 Å². The van der Waals surface area contributed by atoms with Gasteiger partial charge in [0.05, 0.1) is 6.04 Å². The summed E-state index contributed by atoms with van der Waals surface area (Å²) in [6, 6.07) is 2.01. The van der Waals surface area contributed by atoms with Crippen molar-refractivity contribution in [1.82, 2.24) is 30.0 Å². The maximum absolute atomic E-state index is 4.27. The molecule has 0 unspecified atom stereocenters. The first-order valence-corrected chi connectivity index (χ1v) is 6.09. The molecule has 6 nitrogen and oxygen atoms in total. The highest BCUT2D eigenvalue weighted by Crippen LogP contribution is 2.22. The fourth-order valence-corrected chi connectivity index (χ4v) is 2.54. The molecule has 82 valence electrons. The summed E-state index contributed by atoms with van der Waals surface area (Å²) in [5, 5.41) is 7.52. The van der Waals surface area contributed by atoms with Gasteiger partial charge < -0.3 is 0 Å². The Morgan fingerprint density at radius 1 is 1.31 bits per heavy atom. The van der Waals surface area contributed by atoms with E-state index in [1.165, 1.54) is 6.33 Å². The number of rotatable bonds is 2. The van der Waals surface area contributed by atoms with Crippen LogP contribution in [0.4, 0.5) is 0 Å². The SMILES string of the molecule is c1cnc(-n2ncnc2[C@@H]2CSCN2)nc1. The van der Waals surface area contributed by atoms with Crippen LogP contribution in [0.1, 0.15) is 11.9 Å². The molecule has 1 atom stereocenters. The van der Waals surface area contributed by atoms with Gasteiger partial charge >= 0.3 is 0 Å². The summed E-state index contributed by atoms with van der Waals surface area (Å²) in [4.78, 5) is 12.6. The van der Waals surface area contributed by atoms with E-state index < -0.39 is 0 Å². The first-order valence-electron chi connectivity index (χ1n) is 4.93. The minimum Gasteiger partial charge on any atom is -0.298 e. The summed E-state index contributed by atoms with van der Waals surface area (Å²) in [7, 11) is 0. The van der Waals surface area contributed by atoms with E-state index in [1.54, 1.807) is 23.1 Å². The molecular formula is C9H10N6S. The molecule has 0 amide bonds. The van der Waals surface area contributed by atoms with E-state index in [4.69, 9.17) is 0 Å². The lowest BCUT2D eigenvalue weighted by Crippen LogP contribution is -2.20. The number of aromatic nitrogens is 5. The molecule has 3 rings (SSSR count). The van der Waals surface area contributed by atoms with Crippen molar-refractivity contribution in [3.8, 4) is 5.95 Å². The zero-order chi connectivity index (χ0) is 10.8. The largest absolute Gasteiger partial charge is 0.298 e. The third-order valence-electron chi connectivity index (χ3n) is 2.34. The van der Waals surface area contributed by atoms with Crippen LogP contribution in [0.25, 0.3) is 5.95 Å². The van der Waals surface area contributed by atoms with Gasteiger partial charge in [-0.1, -0.05) is 0 Å². The van der Waals surface area contributed by atoms with E-state index in [2.05, 4.69) is 25.4 Å². The summed E-state index contributed by atoms with van der Waals surface area (Å²) in [6.45, 7) is 0. The van der Waals surface area contributed by atoms with E-state index in [9.17, 15) is 0 Å². The second-order valence-electron chi connectivity index (χ2n) is 3.35. The van der Waals surface area contributed by atoms with Gasteiger partial charge in [-0.3, -0.25) is 5.32 Å². The Kier molecular flexibility index (Phi) is 2.55. The molecule has 0 bridgehead atoms. The van der Waals surface area contributed by atoms with Gasteiger partial charge in [0, 0.05) is 24.0 Å². The van der Waals surface area contributed by atoms with Crippen LogP contribution in [-0.2, 0) is 0 Å². The van der Waals surface area contributed by atoms with E-state index in [1.807, 2.05) is 11.8 Å². The molecule has 1 saturated heterocycles. The average Bonchev–Trinajstić information content (AvgIpc) is 3.01. The minimum absolute atomic E-state index is 0.233. The summed E-state index contributed by atoms with van der Waals surface area (Å²) < 4.78 is 1.68. The van der Waals surface area contributed by atoms with Gasteiger partial charge in [0.1, 0.15) is 6.33 Å². The Morgan fingerprint density at radius 2 is 2.19 bits per heavy atom. The zero-order valence-electron chi connectivity index (χ0n) is 8.45. The predicted octanol–water partition coefficient (Wildman–Crippen LogP) is 0.392. The lowest BCUT2D eigenvalue weighted by molar-refractivity contribution is 0.598. The van der Waals surface area contributed by atoms with Crippen LogP contribution in [-0.4, -0.2) is 36.4 Å². The first kappa shape index (κ1) is 9.73. The van der Waals surface area contributed by atoms with Crippen molar-refractivity contribution in [2.45, 2.75) is 6.04 Å². The van der Waals surface area contributed by atoms with Crippen molar-refractivity contribution in [1.29, 1.82) is 0 Å². The molecule has 0 aromatic carbocycles. The molecule has 1 N–H and O–H groups in total. The van der Waals surface area contributed by atoms with Gasteiger partial charge in [-0.05, 0) is 6.07 Å². The Morgan fingerprint density at radius 3 is 2.94 bits per heavy atom. The van der Waals surface area contributed by atoms with E-state index >= 15 is 0 Å². The highest BCUT2D eigenvalue weighted by atomic mass is 32.2. The van der Waals surface area contributed by atoms with Crippen LogP contribution in [0.3, 0.4) is 0 Å². The minimum atomic E-state index is 0.233. The average molecular weight is 234 g/mol. The predicted molar refractivity (Wildman–Crippen MR) is 60.2 cm³/mol. The Hall–Kier alpha value is -1.47. The molecule has 2 aromatic rings. The van der Waals surface area contributed by atoms with Crippen molar-refractivity contribution in [3.63, 3.8) is 0 Å². The van der Waals surface area contributed by atoms with Crippen LogP contribution in [0, 0.1) is 0 Å². The fraction of sp³-hybridized carbons (Fsp3) is 0.333. The second kappa shape index (κ2) is 4.18. The topological polar surface area (TPSA) is 68.5 Å². The highest BCUT2D eigenvalue weighted by Gasteiger charge is 2.23. The first-order chi connectivity index (χ1) is 7.95. The quantitative estimate of drug-likeness (QED) is 0.811. The number of nitrogens with zero attached hydrogens (tertiary/aromatic N) is 5. The van der Waals surface area contributed by atoms with Crippen molar-refractivity contribution >= 4 is 11.8 Å². The molecule has 2 aromatic heterocycles. The van der Waals surface area contributed by atoms with Crippen LogP contribution in [0.15, 0.2) is 24.8 Å². The van der Waals surface area contributed by atoms with Crippen LogP contribution < -0.4 is 5.32 Å². The molecule has 7 heteroatoms. The Bertz CT molecular complexity index is 464. The highest BCUT2D eigenvalue weighted by molar-refractivity contribution is 7.99. The normalized spacial score (nSPS) is 20.1. The second-order valence-corrected chi connectivity index (χ2v) is 4.38. The Labute approximate surface area is 96.5 Å². The molecule has 0 radical (unpaired) electrons. The molecule has 3 heterocycles. The molecule has 1 fully saturated rings. The lowest BCUT2D eigenvalue weighted by Gasteiger charge is -2.09. The van der Waals surface area contributed by atoms with E-state index in [0.717, 1.165) is 17.5 Å². The smallest absolute Gasteiger partial charge is 0.252 e. The van der Waals surface area contributed by atoms with Gasteiger partial charge in [0.2, 0.25) is 0 Å². The van der Waals surface area contributed by atoms with Crippen molar-refractivity contribution in [2.24, 2.45) is 0 Å². The molecule has 16 heavy (non-hydrogen) atoms. The molecular weight excluding hydrogens is 224 g/mol. The number of thioether (sulfide) groups is 1.